The van der Waals surface area contributed by atoms with Crippen molar-refractivity contribution in [2.45, 2.75) is 37.6 Å². The van der Waals surface area contributed by atoms with Crippen LogP contribution in [0.15, 0.2) is 18.2 Å². The summed E-state index contributed by atoms with van der Waals surface area (Å²) in [6, 6.07) is 6.27. The maximum absolute atomic E-state index is 12.6. The summed E-state index contributed by atoms with van der Waals surface area (Å²) in [4.78, 5) is 19.8. The number of hydrogen-bond donors (Lipinski definition) is 1. The van der Waals surface area contributed by atoms with Gasteiger partial charge in [0.1, 0.15) is 0 Å². The molecule has 4 nitrogen and oxygen atoms in total. The molecule has 3 atom stereocenters. The summed E-state index contributed by atoms with van der Waals surface area (Å²) in [5.74, 6) is 1.51. The van der Waals surface area contributed by atoms with Gasteiger partial charge in [-0.3, -0.25) is 4.79 Å². The number of hydrogen-bond acceptors (Lipinski definition) is 4. The van der Waals surface area contributed by atoms with Crippen molar-refractivity contribution in [3.8, 4) is 0 Å². The van der Waals surface area contributed by atoms with Crippen molar-refractivity contribution in [3.05, 3.63) is 28.8 Å². The predicted octanol–water partition coefficient (Wildman–Crippen LogP) is 3.00. The van der Waals surface area contributed by atoms with Crippen molar-refractivity contribution < 1.29 is 4.79 Å². The first-order valence-corrected chi connectivity index (χ1v) is 9.50. The highest BCUT2D eigenvalue weighted by Crippen LogP contribution is 2.43. The Hall–Kier alpha value is -1.46. The van der Waals surface area contributed by atoms with Gasteiger partial charge in [0.05, 0.1) is 15.2 Å². The first-order valence-electron chi connectivity index (χ1n) is 8.68. The topological polar surface area (TPSA) is 45.2 Å². The minimum Gasteiger partial charge on any atom is -0.348 e. The number of fused-ring (bicyclic) bond motifs is 3. The van der Waals surface area contributed by atoms with Crippen LogP contribution in [0.3, 0.4) is 0 Å². The lowest BCUT2D eigenvalue weighted by Crippen LogP contribution is -2.47. The van der Waals surface area contributed by atoms with Crippen molar-refractivity contribution in [1.29, 1.82) is 0 Å². The van der Waals surface area contributed by atoms with Gasteiger partial charge in [0.25, 0.3) is 5.91 Å². The number of nitrogens with zero attached hydrogens (tertiary/aromatic N) is 2. The monoisotopic (exact) mass is 327 g/mol. The highest BCUT2D eigenvalue weighted by Gasteiger charge is 2.33. The van der Waals surface area contributed by atoms with Gasteiger partial charge >= 0.3 is 0 Å². The molecule has 0 spiro atoms. The normalized spacial score (nSPS) is 29.8. The lowest BCUT2D eigenvalue weighted by molar-refractivity contribution is 0.0909. The minimum absolute atomic E-state index is 0.0559. The van der Waals surface area contributed by atoms with Crippen LogP contribution in [0.5, 0.6) is 0 Å². The first-order chi connectivity index (χ1) is 11.2. The second kappa shape index (κ2) is 5.28. The third-order valence-electron chi connectivity index (χ3n) is 5.39. The molecule has 3 heterocycles. The SMILES string of the molecule is O=C(NC1CC2CCN(C2)C1)c1ccc2sc(C3CC3)nc2c1. The minimum atomic E-state index is 0.0559. The number of carbonyl (C=O) groups excluding carboxylic acids is 1. The summed E-state index contributed by atoms with van der Waals surface area (Å²) in [6.07, 6.45) is 4.97. The van der Waals surface area contributed by atoms with Crippen molar-refractivity contribution >= 4 is 27.5 Å². The van der Waals surface area contributed by atoms with E-state index in [-0.39, 0.29) is 5.91 Å². The highest BCUT2D eigenvalue weighted by molar-refractivity contribution is 7.18. The van der Waals surface area contributed by atoms with E-state index in [1.807, 2.05) is 12.1 Å². The summed E-state index contributed by atoms with van der Waals surface area (Å²) in [5, 5.41) is 4.48. The van der Waals surface area contributed by atoms with Gasteiger partial charge in [0.15, 0.2) is 0 Å². The molecule has 3 unspecified atom stereocenters. The van der Waals surface area contributed by atoms with E-state index >= 15 is 0 Å². The molecule has 1 saturated carbocycles. The molecule has 5 heteroatoms. The van der Waals surface area contributed by atoms with Crippen LogP contribution < -0.4 is 5.32 Å². The maximum atomic E-state index is 12.6. The van der Waals surface area contributed by atoms with Crippen LogP contribution >= 0.6 is 11.3 Å². The van der Waals surface area contributed by atoms with Gasteiger partial charge in [0, 0.05) is 30.6 Å². The van der Waals surface area contributed by atoms with Crippen molar-refractivity contribution in [2.24, 2.45) is 5.92 Å². The van der Waals surface area contributed by atoms with Crippen molar-refractivity contribution in [3.63, 3.8) is 0 Å². The molecule has 1 amide bonds. The fraction of sp³-hybridized carbons (Fsp3) is 0.556. The molecule has 2 aromatic rings. The standard InChI is InChI=1S/C18H21N3OS/c22-17(19-14-7-11-5-6-21(9-11)10-14)13-3-4-16-15(8-13)20-18(23-16)12-1-2-12/h3-4,8,11-12,14H,1-2,5-7,9-10H2,(H,19,22). The van der Waals surface area contributed by atoms with E-state index in [2.05, 4.69) is 16.3 Å². The smallest absolute Gasteiger partial charge is 0.251 e. The van der Waals surface area contributed by atoms with Crippen LogP contribution in [0, 0.1) is 5.92 Å². The zero-order valence-electron chi connectivity index (χ0n) is 13.1. The molecular formula is C18H21N3OS. The molecule has 2 saturated heterocycles. The zero-order valence-corrected chi connectivity index (χ0v) is 13.9. The van der Waals surface area contributed by atoms with Crippen LogP contribution in [-0.2, 0) is 0 Å². The van der Waals surface area contributed by atoms with Crippen LogP contribution in [0.4, 0.5) is 0 Å². The fourth-order valence-electron chi connectivity index (χ4n) is 4.02. The Morgan fingerprint density at radius 2 is 2.17 bits per heavy atom. The Balaban J connectivity index is 1.33. The van der Waals surface area contributed by atoms with Crippen LogP contribution in [0.2, 0.25) is 0 Å². The van der Waals surface area contributed by atoms with Crippen molar-refractivity contribution in [2.75, 3.05) is 19.6 Å². The van der Waals surface area contributed by atoms with E-state index in [4.69, 9.17) is 4.98 Å². The number of rotatable bonds is 3. The summed E-state index contributed by atoms with van der Waals surface area (Å²) in [6.45, 7) is 3.43. The summed E-state index contributed by atoms with van der Waals surface area (Å²) >= 11 is 1.78. The predicted molar refractivity (Wildman–Crippen MR) is 92.0 cm³/mol. The average molecular weight is 327 g/mol. The molecule has 3 fully saturated rings. The van der Waals surface area contributed by atoms with Gasteiger partial charge in [-0.15, -0.1) is 11.3 Å². The van der Waals surface area contributed by atoms with Gasteiger partial charge in [-0.05, 0) is 56.3 Å². The Morgan fingerprint density at radius 3 is 3.00 bits per heavy atom. The quantitative estimate of drug-likeness (QED) is 0.942. The maximum Gasteiger partial charge on any atom is 0.251 e. The van der Waals surface area contributed by atoms with E-state index in [0.717, 1.165) is 30.0 Å². The molecule has 5 rings (SSSR count). The van der Waals surface area contributed by atoms with E-state index in [9.17, 15) is 4.79 Å². The van der Waals surface area contributed by atoms with Crippen LogP contribution in [0.25, 0.3) is 10.2 Å². The Morgan fingerprint density at radius 1 is 1.26 bits per heavy atom. The molecule has 120 valence electrons. The molecule has 0 radical (unpaired) electrons. The van der Waals surface area contributed by atoms with E-state index in [1.165, 1.54) is 42.1 Å². The Labute approximate surface area is 139 Å². The van der Waals surface area contributed by atoms with E-state index in [0.29, 0.717) is 12.0 Å². The molecule has 2 aliphatic heterocycles. The van der Waals surface area contributed by atoms with Gasteiger partial charge in [0.2, 0.25) is 0 Å². The second-order valence-corrected chi connectivity index (χ2v) is 8.39. The first kappa shape index (κ1) is 13.9. The molecule has 3 aliphatic rings. The Kier molecular flexibility index (Phi) is 3.20. The van der Waals surface area contributed by atoms with Crippen LogP contribution in [-0.4, -0.2) is 41.5 Å². The number of benzene rings is 1. The van der Waals surface area contributed by atoms with Gasteiger partial charge in [-0.1, -0.05) is 0 Å². The van der Waals surface area contributed by atoms with Gasteiger partial charge in [-0.25, -0.2) is 4.98 Å². The van der Waals surface area contributed by atoms with E-state index < -0.39 is 0 Å². The third-order valence-corrected chi connectivity index (χ3v) is 6.59. The lowest BCUT2D eigenvalue weighted by atomic mass is 9.96. The van der Waals surface area contributed by atoms with Gasteiger partial charge in [-0.2, -0.15) is 0 Å². The summed E-state index contributed by atoms with van der Waals surface area (Å²) < 4.78 is 1.20. The zero-order chi connectivity index (χ0) is 15.4. The number of thiazole rings is 1. The van der Waals surface area contributed by atoms with Crippen LogP contribution in [0.1, 0.15) is 47.0 Å². The molecule has 1 aromatic heterocycles. The van der Waals surface area contributed by atoms with Gasteiger partial charge < -0.3 is 10.2 Å². The largest absolute Gasteiger partial charge is 0.348 e. The highest BCUT2D eigenvalue weighted by atomic mass is 32.1. The third kappa shape index (κ3) is 2.66. The number of carbonyl (C=O) groups is 1. The van der Waals surface area contributed by atoms with Crippen molar-refractivity contribution in [1.82, 2.24) is 15.2 Å². The lowest BCUT2D eigenvalue weighted by Gasteiger charge is -2.30. The number of aromatic nitrogens is 1. The molecular weight excluding hydrogens is 306 g/mol. The second-order valence-electron chi connectivity index (χ2n) is 7.33. The molecule has 1 aliphatic carbocycles. The molecule has 1 N–H and O–H groups in total. The molecule has 1 aromatic carbocycles. The summed E-state index contributed by atoms with van der Waals surface area (Å²) in [7, 11) is 0. The average Bonchev–Trinajstić information content (AvgIpc) is 3.23. The fourth-order valence-corrected chi connectivity index (χ4v) is 5.14. The number of nitrogens with one attached hydrogen (secondary N) is 1. The van der Waals surface area contributed by atoms with E-state index in [1.54, 1.807) is 11.3 Å². The number of piperidine rings is 1. The molecule has 2 bridgehead atoms. The summed E-state index contributed by atoms with van der Waals surface area (Å²) in [5.41, 5.74) is 1.73. The Bertz CT molecular complexity index is 755. The molecule has 23 heavy (non-hydrogen) atoms. The number of amides is 1.